The Morgan fingerprint density at radius 2 is 1.91 bits per heavy atom. The van der Waals surface area contributed by atoms with Crippen LogP contribution >= 0.6 is 0 Å². The Kier molecular flexibility index (Phi) is 4.88. The Labute approximate surface area is 130 Å². The number of hydrogen-bond acceptors (Lipinski definition) is 5. The smallest absolute Gasteiger partial charge is 0.356 e. The molecule has 0 saturated heterocycles. The average Bonchev–Trinajstić information content (AvgIpc) is 2.74. The van der Waals surface area contributed by atoms with E-state index in [1.165, 1.54) is 4.68 Å². The zero-order valence-electron chi connectivity index (χ0n) is 13.8. The molecule has 0 spiro atoms. The Morgan fingerprint density at radius 3 is 2.55 bits per heavy atom. The first-order valence-corrected chi connectivity index (χ1v) is 7.79. The van der Waals surface area contributed by atoms with Gasteiger partial charge in [0.15, 0.2) is 5.69 Å². The minimum atomic E-state index is -0.562. The van der Waals surface area contributed by atoms with Crippen LogP contribution in [0.4, 0.5) is 0 Å². The van der Waals surface area contributed by atoms with Crippen LogP contribution in [-0.4, -0.2) is 33.9 Å². The summed E-state index contributed by atoms with van der Waals surface area (Å²) >= 11 is 0. The van der Waals surface area contributed by atoms with E-state index in [2.05, 4.69) is 5.10 Å². The molecule has 6 heteroatoms. The van der Waals surface area contributed by atoms with Crippen LogP contribution in [0.25, 0.3) is 0 Å². The molecular formula is C16H24N2O4. The molecule has 0 fully saturated rings. The van der Waals surface area contributed by atoms with Crippen LogP contribution in [0, 0.1) is 0 Å². The number of rotatable bonds is 4. The lowest BCUT2D eigenvalue weighted by molar-refractivity contribution is -0.155. The van der Waals surface area contributed by atoms with E-state index in [4.69, 9.17) is 9.47 Å². The van der Waals surface area contributed by atoms with Gasteiger partial charge in [0, 0.05) is 5.56 Å². The van der Waals surface area contributed by atoms with E-state index < -0.39 is 17.5 Å². The number of fused-ring (bicyclic) bond motifs is 1. The normalized spacial score (nSPS) is 14.4. The number of esters is 2. The maximum atomic E-state index is 12.2. The van der Waals surface area contributed by atoms with Crippen LogP contribution < -0.4 is 0 Å². The van der Waals surface area contributed by atoms with Gasteiger partial charge >= 0.3 is 11.9 Å². The molecule has 0 saturated carbocycles. The van der Waals surface area contributed by atoms with Gasteiger partial charge in [0.1, 0.15) is 12.1 Å². The SMILES string of the molecule is CCOC(=O)c1c2c(nn1CC(=O)OC(C)(C)C)CCCC2. The molecule has 1 aromatic heterocycles. The molecule has 0 amide bonds. The predicted octanol–water partition coefficient (Wildman–Crippen LogP) is 2.28. The van der Waals surface area contributed by atoms with Crippen molar-refractivity contribution in [3.8, 4) is 0 Å². The summed E-state index contributed by atoms with van der Waals surface area (Å²) in [6.45, 7) is 7.42. The molecule has 0 atom stereocenters. The highest BCUT2D eigenvalue weighted by atomic mass is 16.6. The van der Waals surface area contributed by atoms with Gasteiger partial charge in [-0.05, 0) is 53.4 Å². The van der Waals surface area contributed by atoms with Gasteiger partial charge in [-0.25, -0.2) is 9.48 Å². The van der Waals surface area contributed by atoms with Gasteiger partial charge in [0.05, 0.1) is 12.3 Å². The molecule has 0 N–H and O–H groups in total. The van der Waals surface area contributed by atoms with Crippen LogP contribution in [0.1, 0.15) is 62.3 Å². The van der Waals surface area contributed by atoms with Gasteiger partial charge < -0.3 is 9.47 Å². The molecule has 1 aliphatic carbocycles. The van der Waals surface area contributed by atoms with Crippen molar-refractivity contribution in [3.63, 3.8) is 0 Å². The third-order valence-corrected chi connectivity index (χ3v) is 3.39. The van der Waals surface area contributed by atoms with E-state index in [1.807, 2.05) is 20.8 Å². The summed E-state index contributed by atoms with van der Waals surface area (Å²) < 4.78 is 11.9. The van der Waals surface area contributed by atoms with Gasteiger partial charge in [0.2, 0.25) is 0 Å². The molecule has 122 valence electrons. The topological polar surface area (TPSA) is 70.4 Å². The van der Waals surface area contributed by atoms with Gasteiger partial charge in [-0.15, -0.1) is 0 Å². The highest BCUT2D eigenvalue weighted by Crippen LogP contribution is 2.25. The maximum Gasteiger partial charge on any atom is 0.356 e. The van der Waals surface area contributed by atoms with Gasteiger partial charge in [-0.1, -0.05) is 0 Å². The van der Waals surface area contributed by atoms with Crippen molar-refractivity contribution in [1.29, 1.82) is 0 Å². The average molecular weight is 308 g/mol. The Morgan fingerprint density at radius 1 is 1.23 bits per heavy atom. The highest BCUT2D eigenvalue weighted by Gasteiger charge is 2.28. The lowest BCUT2D eigenvalue weighted by Crippen LogP contribution is -2.28. The van der Waals surface area contributed by atoms with Crippen molar-refractivity contribution >= 4 is 11.9 Å². The first-order valence-electron chi connectivity index (χ1n) is 7.79. The van der Waals surface area contributed by atoms with Crippen LogP contribution in [0.15, 0.2) is 0 Å². The zero-order chi connectivity index (χ0) is 16.3. The van der Waals surface area contributed by atoms with Crippen LogP contribution in [0.5, 0.6) is 0 Å². The van der Waals surface area contributed by atoms with Gasteiger partial charge in [-0.3, -0.25) is 4.79 Å². The fourth-order valence-corrected chi connectivity index (χ4v) is 2.64. The summed E-state index contributed by atoms with van der Waals surface area (Å²) in [5.41, 5.74) is 1.67. The number of carbonyl (C=O) groups is 2. The van der Waals surface area contributed by atoms with Crippen molar-refractivity contribution < 1.29 is 19.1 Å². The first kappa shape index (κ1) is 16.5. The quantitative estimate of drug-likeness (QED) is 0.798. The van der Waals surface area contributed by atoms with E-state index in [0.29, 0.717) is 12.3 Å². The van der Waals surface area contributed by atoms with Crippen molar-refractivity contribution in [2.45, 2.75) is 65.5 Å². The van der Waals surface area contributed by atoms with Crippen molar-refractivity contribution in [2.75, 3.05) is 6.61 Å². The third kappa shape index (κ3) is 3.87. The van der Waals surface area contributed by atoms with Crippen molar-refractivity contribution in [3.05, 3.63) is 17.0 Å². The van der Waals surface area contributed by atoms with E-state index in [-0.39, 0.29) is 6.54 Å². The summed E-state index contributed by atoms with van der Waals surface area (Å²) in [6, 6.07) is 0. The van der Waals surface area contributed by atoms with E-state index in [0.717, 1.165) is 36.9 Å². The van der Waals surface area contributed by atoms with Gasteiger partial charge in [-0.2, -0.15) is 5.10 Å². The highest BCUT2D eigenvalue weighted by molar-refractivity contribution is 5.90. The zero-order valence-corrected chi connectivity index (χ0v) is 13.8. The minimum Gasteiger partial charge on any atom is -0.461 e. The lowest BCUT2D eigenvalue weighted by atomic mass is 9.96. The minimum absolute atomic E-state index is 0.0710. The van der Waals surface area contributed by atoms with Gasteiger partial charge in [0.25, 0.3) is 0 Å². The number of ether oxygens (including phenoxy) is 2. The molecule has 0 radical (unpaired) electrons. The molecule has 0 aliphatic heterocycles. The number of nitrogens with zero attached hydrogens (tertiary/aromatic N) is 2. The van der Waals surface area contributed by atoms with Crippen molar-refractivity contribution in [2.24, 2.45) is 0 Å². The summed E-state index contributed by atoms with van der Waals surface area (Å²) in [7, 11) is 0. The predicted molar refractivity (Wildman–Crippen MR) is 80.7 cm³/mol. The number of aryl methyl sites for hydroxylation is 1. The summed E-state index contributed by atoms with van der Waals surface area (Å²) in [6.07, 6.45) is 3.72. The number of carbonyl (C=O) groups excluding carboxylic acids is 2. The second-order valence-corrected chi connectivity index (χ2v) is 6.45. The first-order chi connectivity index (χ1) is 10.3. The van der Waals surface area contributed by atoms with E-state index >= 15 is 0 Å². The lowest BCUT2D eigenvalue weighted by Gasteiger charge is -2.19. The number of aromatic nitrogens is 2. The Balaban J connectivity index is 2.28. The van der Waals surface area contributed by atoms with Crippen LogP contribution in [0.2, 0.25) is 0 Å². The fraction of sp³-hybridized carbons (Fsp3) is 0.688. The number of hydrogen-bond donors (Lipinski definition) is 0. The summed E-state index contributed by atoms with van der Waals surface area (Å²) in [5, 5.41) is 4.44. The van der Waals surface area contributed by atoms with Crippen LogP contribution in [-0.2, 0) is 33.7 Å². The second-order valence-electron chi connectivity index (χ2n) is 6.45. The molecule has 0 aromatic carbocycles. The Bertz CT molecular complexity index is 569. The third-order valence-electron chi connectivity index (χ3n) is 3.39. The standard InChI is InChI=1S/C16H24N2O4/c1-5-21-15(20)14-11-8-6-7-9-12(11)17-18(14)10-13(19)22-16(2,3)4/h5-10H2,1-4H3. The fourth-order valence-electron chi connectivity index (χ4n) is 2.64. The molecular weight excluding hydrogens is 284 g/mol. The van der Waals surface area contributed by atoms with E-state index in [1.54, 1.807) is 6.92 Å². The molecule has 1 aliphatic rings. The van der Waals surface area contributed by atoms with E-state index in [9.17, 15) is 9.59 Å². The maximum absolute atomic E-state index is 12.2. The second kappa shape index (κ2) is 6.50. The summed E-state index contributed by atoms with van der Waals surface area (Å²) in [4.78, 5) is 24.3. The summed E-state index contributed by atoms with van der Waals surface area (Å²) in [5.74, 6) is -0.820. The largest absolute Gasteiger partial charge is 0.461 e. The monoisotopic (exact) mass is 308 g/mol. The van der Waals surface area contributed by atoms with Crippen LogP contribution in [0.3, 0.4) is 0 Å². The molecule has 1 aromatic rings. The molecule has 6 nitrogen and oxygen atoms in total. The molecule has 1 heterocycles. The van der Waals surface area contributed by atoms with Crippen molar-refractivity contribution in [1.82, 2.24) is 9.78 Å². The molecule has 2 rings (SSSR count). The molecule has 0 bridgehead atoms. The molecule has 0 unspecified atom stereocenters. The Hall–Kier alpha value is -1.85. The molecule has 22 heavy (non-hydrogen) atoms.